The van der Waals surface area contributed by atoms with Gasteiger partial charge in [-0.1, -0.05) is 34.4 Å². The Labute approximate surface area is 104 Å². The minimum absolute atomic E-state index is 0.0925. The van der Waals surface area contributed by atoms with Gasteiger partial charge in [-0.25, -0.2) is 0 Å². The fourth-order valence-corrected chi connectivity index (χ4v) is 3.57. The molecule has 0 radical (unpaired) electrons. The second kappa shape index (κ2) is 4.98. The average Bonchev–Trinajstić information content (AvgIpc) is 2.78. The molecular weight excluding hydrogens is 264 g/mol. The molecule has 0 bridgehead atoms. The Morgan fingerprint density at radius 1 is 1.56 bits per heavy atom. The van der Waals surface area contributed by atoms with E-state index in [1.54, 1.807) is 16.3 Å². The number of thiazole rings is 1. The first-order valence-corrected chi connectivity index (χ1v) is 7.21. The van der Waals surface area contributed by atoms with Crippen LogP contribution in [0, 0.1) is 6.92 Å². The molecule has 2 aromatic rings. The largest absolute Gasteiger partial charge is 0.374 e. The smallest absolute Gasteiger partial charge is 0.307 e. The SMILES string of the molecule is Cc1csc(=O)n1CCSc1nnc(N)s1. The van der Waals surface area contributed by atoms with Crippen LogP contribution in [-0.2, 0) is 6.54 Å². The van der Waals surface area contributed by atoms with Crippen LogP contribution in [0.1, 0.15) is 5.69 Å². The van der Waals surface area contributed by atoms with Gasteiger partial charge in [-0.3, -0.25) is 4.79 Å². The molecule has 2 aromatic heterocycles. The molecular formula is C8H10N4OS3. The number of nitrogens with zero attached hydrogens (tertiary/aromatic N) is 3. The summed E-state index contributed by atoms with van der Waals surface area (Å²) in [5.41, 5.74) is 6.48. The van der Waals surface area contributed by atoms with Gasteiger partial charge in [0.25, 0.3) is 0 Å². The lowest BCUT2D eigenvalue weighted by molar-refractivity contribution is 0.731. The van der Waals surface area contributed by atoms with Crippen molar-refractivity contribution in [1.82, 2.24) is 14.8 Å². The molecule has 0 aliphatic heterocycles. The number of nitrogen functional groups attached to an aromatic ring is 1. The zero-order valence-electron chi connectivity index (χ0n) is 8.54. The molecule has 0 saturated heterocycles. The van der Waals surface area contributed by atoms with Crippen LogP contribution in [0.3, 0.4) is 0 Å². The van der Waals surface area contributed by atoms with Crippen molar-refractivity contribution in [2.75, 3.05) is 11.5 Å². The van der Waals surface area contributed by atoms with Crippen LogP contribution in [0.2, 0.25) is 0 Å². The zero-order chi connectivity index (χ0) is 11.5. The standard InChI is InChI=1S/C8H10N4OS3/c1-5-4-15-8(13)12(5)2-3-14-7-11-10-6(9)16-7/h4H,2-3H2,1H3,(H2,9,10). The fourth-order valence-electron chi connectivity index (χ4n) is 1.18. The van der Waals surface area contributed by atoms with E-state index in [1.165, 1.54) is 22.7 Å². The van der Waals surface area contributed by atoms with Crippen LogP contribution in [0.15, 0.2) is 14.5 Å². The van der Waals surface area contributed by atoms with E-state index in [0.717, 1.165) is 15.8 Å². The van der Waals surface area contributed by atoms with Gasteiger partial charge in [-0.2, -0.15) is 0 Å². The number of thioether (sulfide) groups is 1. The van der Waals surface area contributed by atoms with Crippen molar-refractivity contribution in [1.29, 1.82) is 0 Å². The van der Waals surface area contributed by atoms with Gasteiger partial charge >= 0.3 is 4.87 Å². The van der Waals surface area contributed by atoms with Gasteiger partial charge in [0, 0.05) is 23.4 Å². The maximum Gasteiger partial charge on any atom is 0.307 e. The van der Waals surface area contributed by atoms with Crippen LogP contribution in [-0.4, -0.2) is 20.5 Å². The summed E-state index contributed by atoms with van der Waals surface area (Å²) in [5, 5.41) is 9.98. The molecule has 0 aromatic carbocycles. The molecule has 2 heterocycles. The average molecular weight is 274 g/mol. The van der Waals surface area contributed by atoms with Gasteiger partial charge in [-0.05, 0) is 6.92 Å². The number of hydrogen-bond acceptors (Lipinski definition) is 7. The summed E-state index contributed by atoms with van der Waals surface area (Å²) in [6.07, 6.45) is 0. The first-order chi connectivity index (χ1) is 7.66. The highest BCUT2D eigenvalue weighted by atomic mass is 32.2. The van der Waals surface area contributed by atoms with E-state index in [0.29, 0.717) is 11.7 Å². The Bertz CT molecular complexity index is 529. The molecule has 16 heavy (non-hydrogen) atoms. The van der Waals surface area contributed by atoms with Gasteiger partial charge < -0.3 is 10.3 Å². The Morgan fingerprint density at radius 3 is 2.94 bits per heavy atom. The Morgan fingerprint density at radius 2 is 2.38 bits per heavy atom. The number of aryl methyl sites for hydroxylation is 1. The lowest BCUT2D eigenvalue weighted by Crippen LogP contribution is -2.15. The molecule has 5 nitrogen and oxygen atoms in total. The quantitative estimate of drug-likeness (QED) is 0.854. The Hall–Kier alpha value is -0.860. The third-order valence-corrected chi connectivity index (χ3v) is 4.69. The number of anilines is 1. The molecule has 2 N–H and O–H groups in total. The van der Waals surface area contributed by atoms with Crippen molar-refractivity contribution in [2.24, 2.45) is 0 Å². The van der Waals surface area contributed by atoms with E-state index in [4.69, 9.17) is 5.73 Å². The molecule has 0 fully saturated rings. The summed E-state index contributed by atoms with van der Waals surface area (Å²) in [6.45, 7) is 2.63. The van der Waals surface area contributed by atoms with Crippen LogP contribution >= 0.6 is 34.4 Å². The van der Waals surface area contributed by atoms with Crippen molar-refractivity contribution in [2.45, 2.75) is 17.8 Å². The summed E-state index contributed by atoms with van der Waals surface area (Å²) >= 11 is 4.17. The summed E-state index contributed by atoms with van der Waals surface area (Å²) in [7, 11) is 0. The summed E-state index contributed by atoms with van der Waals surface area (Å²) in [6, 6.07) is 0. The molecule has 0 spiro atoms. The lowest BCUT2D eigenvalue weighted by atomic mass is 10.5. The third kappa shape index (κ3) is 2.63. The summed E-state index contributed by atoms with van der Waals surface area (Å²) < 4.78 is 2.61. The maximum atomic E-state index is 11.4. The summed E-state index contributed by atoms with van der Waals surface area (Å²) in [5.74, 6) is 0.798. The second-order valence-electron chi connectivity index (χ2n) is 3.05. The normalized spacial score (nSPS) is 10.8. The number of rotatable bonds is 4. The highest BCUT2D eigenvalue weighted by molar-refractivity contribution is 8.01. The molecule has 2 rings (SSSR count). The minimum Gasteiger partial charge on any atom is -0.374 e. The van der Waals surface area contributed by atoms with E-state index in [-0.39, 0.29) is 4.87 Å². The van der Waals surface area contributed by atoms with E-state index >= 15 is 0 Å². The highest BCUT2D eigenvalue weighted by Gasteiger charge is 2.04. The highest BCUT2D eigenvalue weighted by Crippen LogP contribution is 2.23. The molecule has 0 unspecified atom stereocenters. The van der Waals surface area contributed by atoms with Crippen molar-refractivity contribution >= 4 is 39.6 Å². The van der Waals surface area contributed by atoms with Crippen LogP contribution < -0.4 is 10.6 Å². The van der Waals surface area contributed by atoms with E-state index in [2.05, 4.69) is 10.2 Å². The monoisotopic (exact) mass is 274 g/mol. The number of hydrogen-bond donors (Lipinski definition) is 1. The molecule has 0 atom stereocenters. The first kappa shape index (κ1) is 11.6. The van der Waals surface area contributed by atoms with Gasteiger partial charge in [-0.15, -0.1) is 10.2 Å². The lowest BCUT2D eigenvalue weighted by Gasteiger charge is -2.01. The minimum atomic E-state index is 0.0925. The molecule has 0 saturated carbocycles. The molecule has 86 valence electrons. The van der Waals surface area contributed by atoms with E-state index < -0.39 is 0 Å². The molecule has 0 aliphatic carbocycles. The van der Waals surface area contributed by atoms with Crippen LogP contribution in [0.25, 0.3) is 0 Å². The Kier molecular flexibility index (Phi) is 3.62. The van der Waals surface area contributed by atoms with Gasteiger partial charge in [0.05, 0.1) is 0 Å². The van der Waals surface area contributed by atoms with E-state index in [1.807, 2.05) is 12.3 Å². The molecule has 0 amide bonds. The van der Waals surface area contributed by atoms with Crippen molar-refractivity contribution in [3.63, 3.8) is 0 Å². The second-order valence-corrected chi connectivity index (χ2v) is 6.22. The Balaban J connectivity index is 1.91. The maximum absolute atomic E-state index is 11.4. The predicted molar refractivity (Wildman–Crippen MR) is 68.4 cm³/mol. The van der Waals surface area contributed by atoms with Gasteiger partial charge in [0.2, 0.25) is 5.13 Å². The van der Waals surface area contributed by atoms with E-state index in [9.17, 15) is 4.79 Å². The van der Waals surface area contributed by atoms with Crippen molar-refractivity contribution in [3.8, 4) is 0 Å². The molecule has 8 heteroatoms. The van der Waals surface area contributed by atoms with Crippen LogP contribution in [0.4, 0.5) is 5.13 Å². The predicted octanol–water partition coefficient (Wildman–Crippen LogP) is 1.44. The van der Waals surface area contributed by atoms with Crippen LogP contribution in [0.5, 0.6) is 0 Å². The number of nitrogens with two attached hydrogens (primary N) is 1. The van der Waals surface area contributed by atoms with Gasteiger partial charge in [0.15, 0.2) is 4.34 Å². The summed E-state index contributed by atoms with van der Waals surface area (Å²) in [4.78, 5) is 11.5. The molecule has 0 aliphatic rings. The topological polar surface area (TPSA) is 73.8 Å². The third-order valence-electron chi connectivity index (χ3n) is 1.94. The van der Waals surface area contributed by atoms with Crippen molar-refractivity contribution in [3.05, 3.63) is 20.7 Å². The van der Waals surface area contributed by atoms with Crippen molar-refractivity contribution < 1.29 is 0 Å². The number of aromatic nitrogens is 3. The first-order valence-electron chi connectivity index (χ1n) is 4.53. The van der Waals surface area contributed by atoms with Gasteiger partial charge in [0.1, 0.15) is 0 Å². The zero-order valence-corrected chi connectivity index (χ0v) is 11.0. The fraction of sp³-hybridized carbons (Fsp3) is 0.375.